The predicted molar refractivity (Wildman–Crippen MR) is 153 cm³/mol. The molecule has 3 atom stereocenters. The summed E-state index contributed by atoms with van der Waals surface area (Å²) in [5, 5.41) is 8.90. The van der Waals surface area contributed by atoms with E-state index in [2.05, 4.69) is 15.9 Å². The van der Waals surface area contributed by atoms with Crippen molar-refractivity contribution in [3.63, 3.8) is 0 Å². The summed E-state index contributed by atoms with van der Waals surface area (Å²) in [5.74, 6) is -1.16. The lowest BCUT2D eigenvalue weighted by atomic mass is 9.90. The fourth-order valence-electron chi connectivity index (χ4n) is 4.89. The van der Waals surface area contributed by atoms with Gasteiger partial charge in [-0.25, -0.2) is 9.69 Å². The third-order valence-corrected chi connectivity index (χ3v) is 7.44. The van der Waals surface area contributed by atoms with E-state index in [1.807, 2.05) is 60.7 Å². The van der Waals surface area contributed by atoms with Crippen molar-refractivity contribution in [1.29, 1.82) is 0 Å². The number of rotatable bonds is 14. The summed E-state index contributed by atoms with van der Waals surface area (Å²) in [6, 6.07) is 20.1. The molecule has 0 radical (unpaired) electrons. The molecular weight excluding hydrogens is 594 g/mol. The van der Waals surface area contributed by atoms with Crippen molar-refractivity contribution in [2.24, 2.45) is 5.92 Å². The number of amides is 2. The van der Waals surface area contributed by atoms with E-state index in [9.17, 15) is 14.4 Å². The van der Waals surface area contributed by atoms with Crippen molar-refractivity contribution in [2.75, 3.05) is 26.4 Å². The van der Waals surface area contributed by atoms with Crippen LogP contribution in [0.1, 0.15) is 42.1 Å². The number of aryl methyl sites for hydroxylation is 1. The first-order valence-corrected chi connectivity index (χ1v) is 14.4. The molecule has 0 saturated carbocycles. The van der Waals surface area contributed by atoms with Gasteiger partial charge in [0.25, 0.3) is 0 Å². The first kappa shape index (κ1) is 30.5. The van der Waals surface area contributed by atoms with Crippen molar-refractivity contribution in [3.05, 3.63) is 93.9 Å². The number of benzene rings is 2. The average molecular weight is 629 g/mol. The molecule has 1 saturated heterocycles. The van der Waals surface area contributed by atoms with Crippen LogP contribution in [0.4, 0.5) is 4.79 Å². The van der Waals surface area contributed by atoms with Crippen LogP contribution in [0, 0.1) is 5.92 Å². The van der Waals surface area contributed by atoms with Gasteiger partial charge in [-0.1, -0.05) is 60.7 Å². The molecule has 1 N–H and O–H groups in total. The minimum atomic E-state index is -1.10. The highest BCUT2D eigenvalue weighted by Gasteiger charge is 2.45. The molecule has 2 aromatic carbocycles. The summed E-state index contributed by atoms with van der Waals surface area (Å²) < 4.78 is 23.2. The first-order chi connectivity index (χ1) is 19.9. The third-order valence-electron chi connectivity index (χ3n) is 6.77. The number of cyclic esters (lactones) is 1. The zero-order chi connectivity index (χ0) is 29.2. The maximum absolute atomic E-state index is 14.3. The highest BCUT2D eigenvalue weighted by molar-refractivity contribution is 9.10. The van der Waals surface area contributed by atoms with E-state index in [-0.39, 0.29) is 26.2 Å². The molecule has 218 valence electrons. The molecule has 1 aromatic heterocycles. The van der Waals surface area contributed by atoms with Crippen LogP contribution in [0.5, 0.6) is 0 Å². The van der Waals surface area contributed by atoms with E-state index < -0.39 is 36.0 Å². The molecule has 0 spiro atoms. The monoisotopic (exact) mass is 627 g/mol. The van der Waals surface area contributed by atoms with Gasteiger partial charge in [-0.15, -0.1) is 0 Å². The topological polar surface area (TPSA) is 116 Å². The van der Waals surface area contributed by atoms with Crippen LogP contribution >= 0.6 is 15.9 Å². The Bertz CT molecular complexity index is 1300. The van der Waals surface area contributed by atoms with Crippen LogP contribution in [-0.4, -0.2) is 60.4 Å². The van der Waals surface area contributed by atoms with Gasteiger partial charge in [0, 0.05) is 20.0 Å². The number of aliphatic hydroxyl groups is 1. The Hall–Kier alpha value is -3.47. The molecule has 0 bridgehead atoms. The standard InChI is InChI=1S/C31H34BrNO8/c1-21(35)40-29(28-19-26(32)27(41-28)13-8-15-38-16-14-34)25(18-23-11-6-3-7-12-23)30(36)33-24(20-39-31(33)37)17-22-9-4-2-5-10-22/h2-7,9-12,19,24-25,29,34H,8,13-18,20H2,1H3. The van der Waals surface area contributed by atoms with Gasteiger partial charge in [0.1, 0.15) is 18.1 Å². The number of furan rings is 1. The minimum Gasteiger partial charge on any atom is -0.461 e. The summed E-state index contributed by atoms with van der Waals surface area (Å²) in [5.41, 5.74) is 1.80. The lowest BCUT2D eigenvalue weighted by Gasteiger charge is -2.29. The van der Waals surface area contributed by atoms with Gasteiger partial charge < -0.3 is 23.7 Å². The molecule has 3 aromatic rings. The molecule has 3 unspecified atom stereocenters. The van der Waals surface area contributed by atoms with Crippen molar-refractivity contribution in [3.8, 4) is 0 Å². The number of aliphatic hydroxyl groups excluding tert-OH is 1. The number of hydrogen-bond acceptors (Lipinski definition) is 8. The number of nitrogens with zero attached hydrogens (tertiary/aromatic N) is 1. The van der Waals surface area contributed by atoms with Crippen LogP contribution < -0.4 is 0 Å². The number of carbonyl (C=O) groups excluding carboxylic acids is 3. The number of esters is 1. The molecule has 10 heteroatoms. The van der Waals surface area contributed by atoms with Gasteiger partial charge in [0.05, 0.1) is 29.6 Å². The van der Waals surface area contributed by atoms with E-state index in [1.54, 1.807) is 6.07 Å². The normalized spacial score (nSPS) is 16.3. The van der Waals surface area contributed by atoms with Gasteiger partial charge in [-0.05, 0) is 52.4 Å². The van der Waals surface area contributed by atoms with E-state index in [0.717, 1.165) is 16.0 Å². The Morgan fingerprint density at radius 2 is 1.76 bits per heavy atom. The summed E-state index contributed by atoms with van der Waals surface area (Å²) in [4.78, 5) is 40.7. The second kappa shape index (κ2) is 15.0. The van der Waals surface area contributed by atoms with E-state index in [1.165, 1.54) is 6.92 Å². The SMILES string of the molecule is CC(=O)OC(c1cc(Br)c(CCCOCCO)o1)C(Cc1ccccc1)C(=O)N1C(=O)OCC1Cc1ccccc1. The van der Waals surface area contributed by atoms with Gasteiger partial charge in [0.2, 0.25) is 5.91 Å². The largest absolute Gasteiger partial charge is 0.461 e. The lowest BCUT2D eigenvalue weighted by molar-refractivity contribution is -0.155. The van der Waals surface area contributed by atoms with Crippen LogP contribution in [0.2, 0.25) is 0 Å². The summed E-state index contributed by atoms with van der Waals surface area (Å²) in [6.45, 7) is 1.99. The molecule has 9 nitrogen and oxygen atoms in total. The minimum absolute atomic E-state index is 0.0493. The van der Waals surface area contributed by atoms with Crippen LogP contribution in [0.3, 0.4) is 0 Å². The smallest absolute Gasteiger partial charge is 0.416 e. The Balaban J connectivity index is 1.65. The van der Waals surface area contributed by atoms with E-state index >= 15 is 0 Å². The molecule has 1 aliphatic rings. The summed E-state index contributed by atoms with van der Waals surface area (Å²) in [6.07, 6.45) is -0.0303. The zero-order valence-electron chi connectivity index (χ0n) is 22.9. The summed E-state index contributed by atoms with van der Waals surface area (Å²) >= 11 is 3.53. The molecule has 1 fully saturated rings. The average Bonchev–Trinajstić information content (AvgIpc) is 3.52. The predicted octanol–water partition coefficient (Wildman–Crippen LogP) is 5.04. The molecule has 41 heavy (non-hydrogen) atoms. The van der Waals surface area contributed by atoms with Crippen molar-refractivity contribution >= 4 is 33.9 Å². The Morgan fingerprint density at radius 3 is 2.41 bits per heavy atom. The Labute approximate surface area is 247 Å². The van der Waals surface area contributed by atoms with Crippen LogP contribution in [0.15, 0.2) is 75.6 Å². The van der Waals surface area contributed by atoms with Gasteiger partial charge in [-0.2, -0.15) is 0 Å². The maximum Gasteiger partial charge on any atom is 0.416 e. The number of carbonyl (C=O) groups is 3. The Morgan fingerprint density at radius 1 is 1.07 bits per heavy atom. The molecule has 4 rings (SSSR count). The second-order valence-corrected chi connectivity index (χ2v) is 10.7. The van der Waals surface area contributed by atoms with Crippen molar-refractivity contribution in [1.82, 2.24) is 4.90 Å². The van der Waals surface area contributed by atoms with Gasteiger partial charge >= 0.3 is 12.1 Å². The first-order valence-electron chi connectivity index (χ1n) is 13.6. The summed E-state index contributed by atoms with van der Waals surface area (Å²) in [7, 11) is 0. The molecule has 2 heterocycles. The van der Waals surface area contributed by atoms with Crippen molar-refractivity contribution < 1.29 is 38.1 Å². The molecule has 0 aliphatic carbocycles. The second-order valence-electron chi connectivity index (χ2n) is 9.81. The van der Waals surface area contributed by atoms with Gasteiger partial charge in [0.15, 0.2) is 6.10 Å². The van der Waals surface area contributed by atoms with Crippen LogP contribution in [-0.2, 0) is 43.1 Å². The molecule has 1 aliphatic heterocycles. The highest BCUT2D eigenvalue weighted by atomic mass is 79.9. The number of halogens is 1. The molecule has 2 amide bonds. The molecular formula is C31H34BrNO8. The maximum atomic E-state index is 14.3. The van der Waals surface area contributed by atoms with E-state index in [4.69, 9.17) is 23.7 Å². The third kappa shape index (κ3) is 8.28. The van der Waals surface area contributed by atoms with Gasteiger partial charge in [-0.3, -0.25) is 9.59 Å². The zero-order valence-corrected chi connectivity index (χ0v) is 24.5. The fourth-order valence-corrected chi connectivity index (χ4v) is 5.40. The fraction of sp³-hybridized carbons (Fsp3) is 0.387. The lowest BCUT2D eigenvalue weighted by Crippen LogP contribution is -2.46. The highest BCUT2D eigenvalue weighted by Crippen LogP contribution is 2.37. The number of ether oxygens (including phenoxy) is 3. The Kier molecular flexibility index (Phi) is 11.1. The van der Waals surface area contributed by atoms with Crippen LogP contribution in [0.25, 0.3) is 0 Å². The quantitative estimate of drug-likeness (QED) is 0.195. The number of imide groups is 1. The van der Waals surface area contributed by atoms with Crippen molar-refractivity contribution in [2.45, 2.75) is 44.8 Å². The number of hydrogen-bond donors (Lipinski definition) is 1. The van der Waals surface area contributed by atoms with E-state index in [0.29, 0.717) is 41.9 Å².